The summed E-state index contributed by atoms with van der Waals surface area (Å²) in [6.07, 6.45) is 2.35. The molecule has 0 spiro atoms. The number of nitro groups is 1. The first-order valence-corrected chi connectivity index (χ1v) is 6.07. The molecule has 0 aliphatic heterocycles. The molecular weight excluding hydrogens is 260 g/mol. The maximum Gasteiger partial charge on any atom is 0.307 e. The van der Waals surface area contributed by atoms with E-state index in [2.05, 4.69) is 10.4 Å². The van der Waals surface area contributed by atoms with Gasteiger partial charge in [0.15, 0.2) is 0 Å². The third-order valence-electron chi connectivity index (χ3n) is 2.81. The summed E-state index contributed by atoms with van der Waals surface area (Å²) in [7, 11) is 0. The van der Waals surface area contributed by atoms with Crippen molar-refractivity contribution in [3.05, 3.63) is 58.4 Å². The van der Waals surface area contributed by atoms with Crippen molar-refractivity contribution in [2.75, 3.05) is 0 Å². The number of carbonyl (C=O) groups is 1. The molecule has 0 fully saturated rings. The Bertz CT molecular complexity index is 609. The van der Waals surface area contributed by atoms with Crippen LogP contribution in [0.4, 0.5) is 5.69 Å². The average molecular weight is 274 g/mol. The van der Waals surface area contributed by atoms with Crippen molar-refractivity contribution in [3.8, 4) is 0 Å². The highest BCUT2D eigenvalue weighted by Crippen LogP contribution is 2.11. The van der Waals surface area contributed by atoms with Crippen molar-refractivity contribution >= 4 is 11.6 Å². The molecule has 0 bridgehead atoms. The number of aromatic nitrogens is 2. The van der Waals surface area contributed by atoms with E-state index >= 15 is 0 Å². The zero-order valence-corrected chi connectivity index (χ0v) is 10.9. The van der Waals surface area contributed by atoms with E-state index in [0.29, 0.717) is 0 Å². The fraction of sp³-hybridized carbons (Fsp3) is 0.231. The van der Waals surface area contributed by atoms with Gasteiger partial charge in [0.1, 0.15) is 18.9 Å². The molecule has 1 heterocycles. The molecule has 1 amide bonds. The Hall–Kier alpha value is -2.70. The summed E-state index contributed by atoms with van der Waals surface area (Å²) in [4.78, 5) is 21.8. The molecule has 1 aromatic carbocycles. The second-order valence-electron chi connectivity index (χ2n) is 4.35. The molecular formula is C13H14N4O3. The molecule has 1 N–H and O–H groups in total. The van der Waals surface area contributed by atoms with Gasteiger partial charge in [-0.15, -0.1) is 0 Å². The van der Waals surface area contributed by atoms with Crippen LogP contribution in [0.2, 0.25) is 0 Å². The second kappa shape index (κ2) is 5.96. The molecule has 2 aromatic rings. The monoisotopic (exact) mass is 274 g/mol. The van der Waals surface area contributed by atoms with Gasteiger partial charge in [-0.1, -0.05) is 30.3 Å². The number of benzene rings is 1. The molecule has 1 aromatic heterocycles. The lowest BCUT2D eigenvalue weighted by atomic mass is 10.1. The molecule has 0 aliphatic rings. The number of hydrogen-bond donors (Lipinski definition) is 1. The summed E-state index contributed by atoms with van der Waals surface area (Å²) in [5, 5.41) is 17.1. The summed E-state index contributed by atoms with van der Waals surface area (Å²) >= 11 is 0. The molecule has 2 rings (SSSR count). The highest BCUT2D eigenvalue weighted by molar-refractivity contribution is 5.76. The lowest BCUT2D eigenvalue weighted by molar-refractivity contribution is -0.385. The number of rotatable bonds is 5. The van der Waals surface area contributed by atoms with E-state index < -0.39 is 4.92 Å². The average Bonchev–Trinajstić information content (AvgIpc) is 2.88. The maximum absolute atomic E-state index is 11.8. The van der Waals surface area contributed by atoms with Crippen LogP contribution in [-0.2, 0) is 11.3 Å². The highest BCUT2D eigenvalue weighted by Gasteiger charge is 2.13. The van der Waals surface area contributed by atoms with Gasteiger partial charge in [-0.25, -0.2) is 0 Å². The predicted molar refractivity (Wildman–Crippen MR) is 71.9 cm³/mol. The Balaban J connectivity index is 1.93. The van der Waals surface area contributed by atoms with Crippen LogP contribution in [-0.4, -0.2) is 20.6 Å². The van der Waals surface area contributed by atoms with Crippen LogP contribution in [0.15, 0.2) is 42.7 Å². The summed E-state index contributed by atoms with van der Waals surface area (Å²) in [6.45, 7) is 1.82. The number of carbonyl (C=O) groups excluding carboxylic acids is 1. The van der Waals surface area contributed by atoms with Crippen LogP contribution in [0.5, 0.6) is 0 Å². The molecule has 0 unspecified atom stereocenters. The Morgan fingerprint density at radius 1 is 1.45 bits per heavy atom. The Labute approximate surface area is 115 Å². The molecule has 7 heteroatoms. The third-order valence-corrected chi connectivity index (χ3v) is 2.81. The van der Waals surface area contributed by atoms with E-state index in [0.717, 1.165) is 11.8 Å². The van der Waals surface area contributed by atoms with E-state index in [4.69, 9.17) is 0 Å². The second-order valence-corrected chi connectivity index (χ2v) is 4.35. The Morgan fingerprint density at radius 2 is 2.15 bits per heavy atom. The number of nitrogens with zero attached hydrogens (tertiary/aromatic N) is 3. The van der Waals surface area contributed by atoms with Crippen molar-refractivity contribution in [2.45, 2.75) is 19.5 Å². The van der Waals surface area contributed by atoms with Gasteiger partial charge in [-0.05, 0) is 12.5 Å². The molecule has 1 atom stereocenters. The minimum Gasteiger partial charge on any atom is -0.348 e. The fourth-order valence-electron chi connectivity index (χ4n) is 1.79. The summed E-state index contributed by atoms with van der Waals surface area (Å²) in [5.41, 5.74) is 0.862. The molecule has 0 saturated heterocycles. The van der Waals surface area contributed by atoms with Crippen LogP contribution in [0, 0.1) is 10.1 Å². The van der Waals surface area contributed by atoms with Gasteiger partial charge in [0.05, 0.1) is 11.0 Å². The summed E-state index contributed by atoms with van der Waals surface area (Å²) in [6, 6.07) is 9.41. The quantitative estimate of drug-likeness (QED) is 0.663. The first-order chi connectivity index (χ1) is 9.56. The van der Waals surface area contributed by atoms with Gasteiger partial charge < -0.3 is 5.32 Å². The number of amides is 1. The van der Waals surface area contributed by atoms with Gasteiger partial charge >= 0.3 is 5.69 Å². The zero-order valence-electron chi connectivity index (χ0n) is 10.9. The van der Waals surface area contributed by atoms with Crippen LogP contribution in [0.3, 0.4) is 0 Å². The van der Waals surface area contributed by atoms with Crippen LogP contribution >= 0.6 is 0 Å². The molecule has 7 nitrogen and oxygen atoms in total. The van der Waals surface area contributed by atoms with Crippen LogP contribution in [0.1, 0.15) is 18.5 Å². The molecule has 20 heavy (non-hydrogen) atoms. The predicted octanol–water partition coefficient (Wildman–Crippen LogP) is 1.67. The van der Waals surface area contributed by atoms with Crippen molar-refractivity contribution in [3.63, 3.8) is 0 Å². The smallest absolute Gasteiger partial charge is 0.307 e. The Morgan fingerprint density at radius 3 is 2.75 bits per heavy atom. The fourth-order valence-corrected chi connectivity index (χ4v) is 1.79. The molecule has 0 saturated carbocycles. The van der Waals surface area contributed by atoms with Gasteiger partial charge in [-0.3, -0.25) is 19.6 Å². The van der Waals surface area contributed by atoms with E-state index in [9.17, 15) is 14.9 Å². The first kappa shape index (κ1) is 13.7. The van der Waals surface area contributed by atoms with E-state index in [-0.39, 0.29) is 24.2 Å². The van der Waals surface area contributed by atoms with Gasteiger partial charge in [-0.2, -0.15) is 5.10 Å². The van der Waals surface area contributed by atoms with Gasteiger partial charge in [0.2, 0.25) is 5.91 Å². The van der Waals surface area contributed by atoms with E-state index in [1.807, 2.05) is 37.3 Å². The van der Waals surface area contributed by atoms with Crippen molar-refractivity contribution < 1.29 is 9.72 Å². The SMILES string of the molecule is C[C@@H](NC(=O)Cn1cc([N+](=O)[O-])cn1)c1ccccc1. The lowest BCUT2D eigenvalue weighted by Gasteiger charge is -2.14. The van der Waals surface area contributed by atoms with Crippen molar-refractivity contribution in [1.29, 1.82) is 0 Å². The molecule has 104 valence electrons. The van der Waals surface area contributed by atoms with Gasteiger partial charge in [0, 0.05) is 0 Å². The zero-order chi connectivity index (χ0) is 14.5. The van der Waals surface area contributed by atoms with E-state index in [1.54, 1.807) is 0 Å². The minimum absolute atomic E-state index is 0.0506. The molecule has 0 radical (unpaired) electrons. The minimum atomic E-state index is -0.548. The Kier molecular flexibility index (Phi) is 4.09. The number of hydrogen-bond acceptors (Lipinski definition) is 4. The lowest BCUT2D eigenvalue weighted by Crippen LogP contribution is -2.30. The van der Waals surface area contributed by atoms with E-state index in [1.165, 1.54) is 10.9 Å². The summed E-state index contributed by atoms with van der Waals surface area (Å²) < 4.78 is 1.24. The third kappa shape index (κ3) is 3.41. The van der Waals surface area contributed by atoms with Crippen molar-refractivity contribution in [2.24, 2.45) is 0 Å². The normalized spacial score (nSPS) is 11.8. The van der Waals surface area contributed by atoms with Gasteiger partial charge in [0.25, 0.3) is 0 Å². The largest absolute Gasteiger partial charge is 0.348 e. The number of nitrogens with one attached hydrogen (secondary N) is 1. The van der Waals surface area contributed by atoms with Crippen molar-refractivity contribution in [1.82, 2.24) is 15.1 Å². The van der Waals surface area contributed by atoms with Crippen LogP contribution < -0.4 is 5.32 Å². The highest BCUT2D eigenvalue weighted by atomic mass is 16.6. The molecule has 0 aliphatic carbocycles. The van der Waals surface area contributed by atoms with Crippen LogP contribution in [0.25, 0.3) is 0 Å². The topological polar surface area (TPSA) is 90.1 Å². The maximum atomic E-state index is 11.8. The standard InChI is InChI=1S/C13H14N4O3/c1-10(11-5-3-2-4-6-11)15-13(18)9-16-8-12(7-14-16)17(19)20/h2-8,10H,9H2,1H3,(H,15,18)/t10-/m1/s1. The summed E-state index contributed by atoms with van der Waals surface area (Å²) in [5.74, 6) is -0.251. The first-order valence-electron chi connectivity index (χ1n) is 6.07.